The van der Waals surface area contributed by atoms with Crippen molar-refractivity contribution in [3.05, 3.63) is 38.7 Å². The molecule has 2 rings (SSSR count). The summed E-state index contributed by atoms with van der Waals surface area (Å²) in [6.07, 6.45) is 1.64. The van der Waals surface area contributed by atoms with Crippen molar-refractivity contribution in [2.45, 2.75) is 6.92 Å². The van der Waals surface area contributed by atoms with Crippen LogP contribution in [0.25, 0.3) is 0 Å². The van der Waals surface area contributed by atoms with Crippen molar-refractivity contribution in [3.8, 4) is 5.88 Å². The minimum atomic E-state index is 0.163. The van der Waals surface area contributed by atoms with Gasteiger partial charge in [-0.1, -0.05) is 29.0 Å². The lowest BCUT2D eigenvalue weighted by molar-refractivity contribution is 0.430. The first kappa shape index (κ1) is 12.0. The number of rotatable bonds is 2. The Labute approximate surface area is 109 Å². The lowest BCUT2D eigenvalue weighted by Gasteiger charge is -1.95. The summed E-state index contributed by atoms with van der Waals surface area (Å²) in [7, 11) is 1.73. The summed E-state index contributed by atoms with van der Waals surface area (Å²) < 4.78 is 2.20. The minimum Gasteiger partial charge on any atom is -0.493 e. The van der Waals surface area contributed by atoms with Gasteiger partial charge in [0, 0.05) is 7.05 Å². The second-order valence-corrected chi connectivity index (χ2v) is 5.38. The molecule has 1 aromatic carbocycles. The fourth-order valence-corrected chi connectivity index (χ4v) is 2.41. The van der Waals surface area contributed by atoms with Crippen molar-refractivity contribution in [2.75, 3.05) is 0 Å². The van der Waals surface area contributed by atoms with Gasteiger partial charge < -0.3 is 5.11 Å². The number of hydrogen-bond donors (Lipinski definition) is 1. The Kier molecular flexibility index (Phi) is 3.40. The number of hydrogen-bond acceptors (Lipinski definition) is 4. The maximum Gasteiger partial charge on any atom is 0.211 e. The predicted molar refractivity (Wildman–Crippen MR) is 74.2 cm³/mol. The summed E-state index contributed by atoms with van der Waals surface area (Å²) in [5, 5.41) is 9.76. The number of benzene rings is 1. The molecule has 0 aliphatic heterocycles. The molecule has 0 atom stereocenters. The zero-order chi connectivity index (χ0) is 12.4. The van der Waals surface area contributed by atoms with Crippen molar-refractivity contribution in [1.82, 2.24) is 4.57 Å². The van der Waals surface area contributed by atoms with Crippen LogP contribution in [0.1, 0.15) is 10.4 Å². The van der Waals surface area contributed by atoms with Crippen molar-refractivity contribution < 1.29 is 5.11 Å². The smallest absolute Gasteiger partial charge is 0.211 e. The van der Waals surface area contributed by atoms with Gasteiger partial charge in [-0.25, -0.2) is 0 Å². The van der Waals surface area contributed by atoms with E-state index in [0.717, 1.165) is 5.69 Å². The van der Waals surface area contributed by atoms with Gasteiger partial charge in [-0.05, 0) is 31.3 Å². The molecule has 17 heavy (non-hydrogen) atoms. The molecule has 0 saturated carbocycles. The van der Waals surface area contributed by atoms with Crippen LogP contribution in [0.3, 0.4) is 0 Å². The first-order chi connectivity index (χ1) is 8.08. The molecule has 3 nitrogen and oxygen atoms in total. The Morgan fingerprint density at radius 2 is 2.00 bits per heavy atom. The summed E-state index contributed by atoms with van der Waals surface area (Å²) in [4.78, 5) is 4.98. The zero-order valence-electron chi connectivity index (χ0n) is 9.54. The average molecular weight is 264 g/mol. The van der Waals surface area contributed by atoms with Crippen LogP contribution >= 0.6 is 23.6 Å². The van der Waals surface area contributed by atoms with E-state index < -0.39 is 0 Å². The molecule has 0 aliphatic carbocycles. The molecule has 0 radical (unpaired) electrons. The first-order valence-corrected chi connectivity index (χ1v) is 6.30. The van der Waals surface area contributed by atoms with Crippen molar-refractivity contribution in [2.24, 2.45) is 12.0 Å². The normalized spacial score (nSPS) is 11.2. The Morgan fingerprint density at radius 1 is 1.35 bits per heavy atom. The quantitative estimate of drug-likeness (QED) is 0.665. The molecule has 0 saturated heterocycles. The lowest BCUT2D eigenvalue weighted by Crippen LogP contribution is -1.85. The van der Waals surface area contributed by atoms with Crippen LogP contribution in [0.5, 0.6) is 5.88 Å². The first-order valence-electron chi connectivity index (χ1n) is 5.07. The highest BCUT2D eigenvalue weighted by molar-refractivity contribution is 7.73. The third kappa shape index (κ3) is 2.62. The molecule has 0 unspecified atom stereocenters. The van der Waals surface area contributed by atoms with Crippen molar-refractivity contribution in [1.29, 1.82) is 0 Å². The van der Waals surface area contributed by atoms with Crippen LogP contribution in [0.4, 0.5) is 5.69 Å². The van der Waals surface area contributed by atoms with Gasteiger partial charge in [-0.3, -0.25) is 9.56 Å². The second-order valence-electron chi connectivity index (χ2n) is 3.71. The van der Waals surface area contributed by atoms with Crippen LogP contribution in [0.2, 0.25) is 0 Å². The minimum absolute atomic E-state index is 0.163. The third-order valence-corrected chi connectivity index (χ3v) is 3.85. The Bertz CT molecular complexity index is 608. The van der Waals surface area contributed by atoms with E-state index in [0.29, 0.717) is 8.83 Å². The fourth-order valence-electron chi connectivity index (χ4n) is 1.31. The predicted octanol–water partition coefficient (Wildman–Crippen LogP) is 3.58. The second kappa shape index (κ2) is 4.81. The lowest BCUT2D eigenvalue weighted by atomic mass is 10.2. The maximum absolute atomic E-state index is 9.76. The molecule has 0 bridgehead atoms. The number of nitrogens with zero attached hydrogens (tertiary/aromatic N) is 2. The number of aromatic nitrogens is 1. The molecule has 0 amide bonds. The van der Waals surface area contributed by atoms with Crippen LogP contribution in [-0.2, 0) is 7.05 Å². The van der Waals surface area contributed by atoms with Gasteiger partial charge in [-0.15, -0.1) is 0 Å². The van der Waals surface area contributed by atoms with Crippen LogP contribution in [0.15, 0.2) is 29.3 Å². The van der Waals surface area contributed by atoms with E-state index in [4.69, 9.17) is 12.2 Å². The summed E-state index contributed by atoms with van der Waals surface area (Å²) >= 11 is 6.41. The molecule has 2 aromatic rings. The van der Waals surface area contributed by atoms with E-state index in [2.05, 4.69) is 4.99 Å². The summed E-state index contributed by atoms with van der Waals surface area (Å²) in [5.41, 5.74) is 2.05. The van der Waals surface area contributed by atoms with E-state index in [1.165, 1.54) is 16.9 Å². The highest BCUT2D eigenvalue weighted by Crippen LogP contribution is 2.23. The zero-order valence-corrected chi connectivity index (χ0v) is 11.2. The van der Waals surface area contributed by atoms with Gasteiger partial charge in [0.05, 0.1) is 11.9 Å². The molecular weight excluding hydrogens is 252 g/mol. The largest absolute Gasteiger partial charge is 0.493 e. The molecule has 88 valence electrons. The van der Waals surface area contributed by atoms with Gasteiger partial charge in [0.2, 0.25) is 5.88 Å². The Hall–Kier alpha value is -1.46. The van der Waals surface area contributed by atoms with Crippen molar-refractivity contribution in [3.63, 3.8) is 0 Å². The van der Waals surface area contributed by atoms with E-state index in [1.807, 2.05) is 31.2 Å². The van der Waals surface area contributed by atoms with Crippen LogP contribution < -0.4 is 0 Å². The third-order valence-electron chi connectivity index (χ3n) is 2.37. The Balaban J connectivity index is 2.29. The topological polar surface area (TPSA) is 37.5 Å². The SMILES string of the molecule is Cc1ccc(N=Cc2sc(=S)n(C)c2O)cc1. The molecule has 0 aliphatic rings. The monoisotopic (exact) mass is 264 g/mol. The number of aliphatic imine (C=N–C) groups is 1. The van der Waals surface area contributed by atoms with E-state index in [9.17, 15) is 5.11 Å². The average Bonchev–Trinajstić information content (AvgIpc) is 2.56. The molecule has 0 spiro atoms. The Morgan fingerprint density at radius 3 is 2.53 bits per heavy atom. The number of thiazole rings is 1. The summed E-state index contributed by atoms with van der Waals surface area (Å²) in [6, 6.07) is 7.87. The fraction of sp³-hybridized carbons (Fsp3) is 0.167. The maximum atomic E-state index is 9.76. The van der Waals surface area contributed by atoms with E-state index in [1.54, 1.807) is 17.8 Å². The van der Waals surface area contributed by atoms with Crippen LogP contribution in [0, 0.1) is 10.9 Å². The van der Waals surface area contributed by atoms with Gasteiger partial charge in [0.1, 0.15) is 4.88 Å². The number of aromatic hydroxyl groups is 1. The standard InChI is InChI=1S/C12H12N2OS2/c1-8-3-5-9(6-4-8)13-7-10-11(15)14(2)12(16)17-10/h3-7,15H,1-2H3. The highest BCUT2D eigenvalue weighted by Gasteiger charge is 2.05. The molecule has 1 aromatic heterocycles. The molecule has 1 heterocycles. The molecule has 5 heteroatoms. The van der Waals surface area contributed by atoms with E-state index >= 15 is 0 Å². The summed E-state index contributed by atoms with van der Waals surface area (Å²) in [6.45, 7) is 2.03. The number of aryl methyl sites for hydroxylation is 1. The van der Waals surface area contributed by atoms with Crippen molar-refractivity contribution >= 4 is 35.5 Å². The van der Waals surface area contributed by atoms with Gasteiger partial charge in [0.25, 0.3) is 0 Å². The van der Waals surface area contributed by atoms with E-state index in [-0.39, 0.29) is 5.88 Å². The van der Waals surface area contributed by atoms with Gasteiger partial charge in [0.15, 0.2) is 3.95 Å². The highest BCUT2D eigenvalue weighted by atomic mass is 32.1. The molecule has 0 fully saturated rings. The molecular formula is C12H12N2OS2. The summed E-state index contributed by atoms with van der Waals surface area (Å²) in [5.74, 6) is 0.163. The van der Waals surface area contributed by atoms with Crippen LogP contribution in [-0.4, -0.2) is 15.9 Å². The molecule has 1 N–H and O–H groups in total. The van der Waals surface area contributed by atoms with Gasteiger partial charge in [-0.2, -0.15) is 0 Å². The van der Waals surface area contributed by atoms with Gasteiger partial charge >= 0.3 is 0 Å².